The van der Waals surface area contributed by atoms with Gasteiger partial charge in [0, 0.05) is 27.6 Å². The zero-order valence-electron chi connectivity index (χ0n) is 20.5. The zero-order valence-corrected chi connectivity index (χ0v) is 21.4. The number of hydrazine groups is 1. The van der Waals surface area contributed by atoms with Gasteiger partial charge in [0.25, 0.3) is 5.91 Å². The van der Waals surface area contributed by atoms with Crippen molar-refractivity contribution < 1.29 is 22.7 Å². The molecule has 1 aliphatic carbocycles. The first-order chi connectivity index (χ1) is 16.6. The first kappa shape index (κ1) is 25.0. The van der Waals surface area contributed by atoms with Crippen LogP contribution >= 0.6 is 0 Å². The van der Waals surface area contributed by atoms with Crippen LogP contribution in [0.1, 0.15) is 48.4 Å². The molecule has 2 aliphatic rings. The Morgan fingerprint density at radius 3 is 2.14 bits per heavy atom. The largest absolute Gasteiger partial charge is 0.497 e. The topological polar surface area (TPSA) is 90.5 Å². The van der Waals surface area contributed by atoms with E-state index in [2.05, 4.69) is 12.1 Å². The molecular weight excluding hydrogens is 468 g/mol. The number of carbonyl (C=O) groups is 2. The first-order valence-corrected chi connectivity index (χ1v) is 13.1. The van der Waals surface area contributed by atoms with Crippen LogP contribution in [0.3, 0.4) is 0 Å². The molecule has 0 spiro atoms. The van der Waals surface area contributed by atoms with Gasteiger partial charge in [-0.3, -0.25) is 4.79 Å². The van der Waals surface area contributed by atoms with Gasteiger partial charge in [-0.15, -0.1) is 4.41 Å². The van der Waals surface area contributed by atoms with Crippen molar-refractivity contribution in [3.63, 3.8) is 0 Å². The van der Waals surface area contributed by atoms with Crippen LogP contribution in [0, 0.1) is 0 Å². The van der Waals surface area contributed by atoms with Crippen LogP contribution in [0.15, 0.2) is 48.5 Å². The van der Waals surface area contributed by atoms with Gasteiger partial charge >= 0.3 is 16.2 Å². The van der Waals surface area contributed by atoms with Gasteiger partial charge in [-0.05, 0) is 54.0 Å². The highest BCUT2D eigenvalue weighted by Gasteiger charge is 2.46. The second kappa shape index (κ2) is 9.87. The molecule has 0 bridgehead atoms. The lowest BCUT2D eigenvalue weighted by molar-refractivity contribution is -0.131. The number of benzene rings is 2. The molecule has 1 saturated heterocycles. The third kappa shape index (κ3) is 5.13. The van der Waals surface area contributed by atoms with Crippen molar-refractivity contribution in [3.05, 3.63) is 65.2 Å². The van der Waals surface area contributed by atoms with Crippen molar-refractivity contribution in [1.82, 2.24) is 18.6 Å². The number of hydrogen-bond donors (Lipinski definition) is 0. The van der Waals surface area contributed by atoms with E-state index >= 15 is 0 Å². The summed E-state index contributed by atoms with van der Waals surface area (Å²) in [6.45, 7) is 1.56. The van der Waals surface area contributed by atoms with Crippen molar-refractivity contribution in [3.8, 4) is 5.75 Å². The van der Waals surface area contributed by atoms with E-state index in [1.165, 1.54) is 32.5 Å². The van der Waals surface area contributed by atoms with Crippen LogP contribution in [0.4, 0.5) is 4.79 Å². The molecule has 2 fully saturated rings. The Morgan fingerprint density at radius 2 is 1.63 bits per heavy atom. The molecule has 0 radical (unpaired) electrons. The SMILES string of the molecule is COc1ccc(CCN2C(=O)N(N(C(C)=O)S(=O)(=O)N(C)C)CC2c2ccc(C3CC3)cc2)cc1. The Kier molecular flexibility index (Phi) is 7.05. The van der Waals surface area contributed by atoms with E-state index in [-0.39, 0.29) is 6.54 Å². The predicted octanol–water partition coefficient (Wildman–Crippen LogP) is 3.16. The maximum Gasteiger partial charge on any atom is 0.340 e. The number of carbonyl (C=O) groups excluding carboxylic acids is 2. The van der Waals surface area contributed by atoms with Crippen LogP contribution < -0.4 is 4.74 Å². The van der Waals surface area contributed by atoms with Crippen LogP contribution in [-0.2, 0) is 21.4 Å². The summed E-state index contributed by atoms with van der Waals surface area (Å²) in [5.41, 5.74) is 3.20. The van der Waals surface area contributed by atoms with Gasteiger partial charge in [0.2, 0.25) is 0 Å². The van der Waals surface area contributed by atoms with Gasteiger partial charge in [0.15, 0.2) is 0 Å². The van der Waals surface area contributed by atoms with E-state index in [1.54, 1.807) is 12.0 Å². The Labute approximate surface area is 207 Å². The molecule has 188 valence electrons. The second-order valence-corrected chi connectivity index (χ2v) is 11.1. The molecule has 0 aromatic heterocycles. The number of methoxy groups -OCH3 is 1. The Hall–Kier alpha value is -3.11. The van der Waals surface area contributed by atoms with Crippen LogP contribution in [0.25, 0.3) is 0 Å². The molecule has 3 amide bonds. The third-order valence-electron chi connectivity index (χ3n) is 6.53. The summed E-state index contributed by atoms with van der Waals surface area (Å²) in [5.74, 6) is 0.610. The van der Waals surface area contributed by atoms with Crippen molar-refractivity contribution in [2.24, 2.45) is 0 Å². The molecule has 1 saturated carbocycles. The van der Waals surface area contributed by atoms with Gasteiger partial charge in [-0.1, -0.05) is 36.4 Å². The minimum Gasteiger partial charge on any atom is -0.497 e. The smallest absolute Gasteiger partial charge is 0.340 e. The Balaban J connectivity index is 1.63. The third-order valence-corrected chi connectivity index (χ3v) is 8.34. The molecule has 35 heavy (non-hydrogen) atoms. The fourth-order valence-corrected chi connectivity index (χ4v) is 5.39. The van der Waals surface area contributed by atoms with Crippen molar-refractivity contribution in [1.29, 1.82) is 0 Å². The molecule has 1 heterocycles. The van der Waals surface area contributed by atoms with Gasteiger partial charge in [-0.25, -0.2) is 9.80 Å². The summed E-state index contributed by atoms with van der Waals surface area (Å²) in [5, 5.41) is 1.05. The summed E-state index contributed by atoms with van der Waals surface area (Å²) in [6, 6.07) is 14.9. The number of rotatable bonds is 9. The fourth-order valence-electron chi connectivity index (χ4n) is 4.37. The number of hydrogen-bond acceptors (Lipinski definition) is 5. The summed E-state index contributed by atoms with van der Waals surface area (Å²) >= 11 is 0. The average molecular weight is 501 g/mol. The predicted molar refractivity (Wildman–Crippen MR) is 132 cm³/mol. The molecule has 9 nitrogen and oxygen atoms in total. The van der Waals surface area contributed by atoms with Gasteiger partial charge in [0.1, 0.15) is 5.75 Å². The summed E-state index contributed by atoms with van der Waals surface area (Å²) in [6.07, 6.45) is 2.96. The van der Waals surface area contributed by atoms with Crippen molar-refractivity contribution in [2.45, 2.75) is 38.1 Å². The van der Waals surface area contributed by atoms with Gasteiger partial charge in [-0.2, -0.15) is 12.7 Å². The number of amides is 3. The minimum atomic E-state index is -4.19. The highest BCUT2D eigenvalue weighted by atomic mass is 32.2. The zero-order chi connectivity index (χ0) is 25.3. The van der Waals surface area contributed by atoms with Crippen LogP contribution in [-0.4, -0.2) is 73.3 Å². The van der Waals surface area contributed by atoms with E-state index in [0.717, 1.165) is 33.1 Å². The summed E-state index contributed by atoms with van der Waals surface area (Å²) in [7, 11) is 0.0882. The normalized spacial score (nSPS) is 18.3. The molecule has 10 heteroatoms. The number of nitrogens with zero attached hydrogens (tertiary/aromatic N) is 4. The van der Waals surface area contributed by atoms with Crippen molar-refractivity contribution in [2.75, 3.05) is 34.3 Å². The number of ether oxygens (including phenoxy) is 1. The Bertz CT molecular complexity index is 1180. The molecule has 1 aliphatic heterocycles. The van der Waals surface area contributed by atoms with E-state index in [0.29, 0.717) is 23.3 Å². The van der Waals surface area contributed by atoms with Gasteiger partial charge < -0.3 is 9.64 Å². The quantitative estimate of drug-likeness (QED) is 0.528. The highest BCUT2D eigenvalue weighted by Crippen LogP contribution is 2.41. The maximum atomic E-state index is 13.6. The van der Waals surface area contributed by atoms with E-state index < -0.39 is 28.2 Å². The Morgan fingerprint density at radius 1 is 1.03 bits per heavy atom. The van der Waals surface area contributed by atoms with Crippen molar-refractivity contribution >= 4 is 22.1 Å². The van der Waals surface area contributed by atoms with E-state index in [9.17, 15) is 18.0 Å². The second-order valence-electron chi connectivity index (χ2n) is 9.17. The van der Waals surface area contributed by atoms with Crippen LogP contribution in [0.2, 0.25) is 0 Å². The maximum absolute atomic E-state index is 13.6. The monoisotopic (exact) mass is 500 g/mol. The molecule has 2 aromatic carbocycles. The highest BCUT2D eigenvalue weighted by molar-refractivity contribution is 7.87. The molecule has 0 N–H and O–H groups in total. The van der Waals surface area contributed by atoms with Crippen LogP contribution in [0.5, 0.6) is 5.75 Å². The summed E-state index contributed by atoms with van der Waals surface area (Å²) in [4.78, 5) is 27.7. The van der Waals surface area contributed by atoms with E-state index in [1.807, 2.05) is 36.4 Å². The fraction of sp³-hybridized carbons (Fsp3) is 0.440. The molecule has 1 unspecified atom stereocenters. The molecule has 1 atom stereocenters. The lowest BCUT2D eigenvalue weighted by atomic mass is 10.0. The molecule has 2 aromatic rings. The summed E-state index contributed by atoms with van der Waals surface area (Å²) < 4.78 is 32.6. The lowest BCUT2D eigenvalue weighted by Gasteiger charge is -2.31. The first-order valence-electron chi connectivity index (χ1n) is 11.7. The molecular formula is C25H32N4O5S. The molecule has 4 rings (SSSR count). The van der Waals surface area contributed by atoms with Gasteiger partial charge in [0.05, 0.1) is 19.7 Å². The lowest BCUT2D eigenvalue weighted by Crippen LogP contribution is -2.54. The average Bonchev–Trinajstić information content (AvgIpc) is 3.63. The standard InChI is InChI=1S/C25H32N4O5S/c1-18(30)29(35(32,33)26(2)3)28-17-24(22-11-9-21(10-12-22)20-7-8-20)27(25(28)31)16-15-19-5-13-23(34-4)14-6-19/h5-6,9-14,20,24H,7-8,15-17H2,1-4H3. The minimum absolute atomic E-state index is 0.0525. The van der Waals surface area contributed by atoms with E-state index in [4.69, 9.17) is 4.74 Å². The number of urea groups is 1.